The summed E-state index contributed by atoms with van der Waals surface area (Å²) < 4.78 is 25.4. The van der Waals surface area contributed by atoms with Gasteiger partial charge in [-0.15, -0.1) is 0 Å². The first-order chi connectivity index (χ1) is 8.46. The number of hydrogen-bond acceptors (Lipinski definition) is 3. The predicted octanol–water partition coefficient (Wildman–Crippen LogP) is 2.49. The summed E-state index contributed by atoms with van der Waals surface area (Å²) in [4.78, 5) is 3.12. The van der Waals surface area contributed by atoms with Crippen molar-refractivity contribution in [2.75, 3.05) is 5.75 Å². The number of aryl methyl sites for hydroxylation is 1. The Hall–Kier alpha value is -1.40. The van der Waals surface area contributed by atoms with Crippen LogP contribution in [0.15, 0.2) is 29.7 Å². The third kappa shape index (κ3) is 1.81. The highest BCUT2D eigenvalue weighted by molar-refractivity contribution is 7.94. The summed E-state index contributed by atoms with van der Waals surface area (Å²) in [6.45, 7) is 2.01. The van der Waals surface area contributed by atoms with Crippen LogP contribution in [0.4, 0.5) is 0 Å². The molecule has 1 aromatic heterocycles. The normalized spacial score (nSPS) is 21.7. The number of nitrogens with one attached hydrogen (secondary N) is 1. The molecule has 0 saturated heterocycles. The van der Waals surface area contributed by atoms with Crippen LogP contribution in [0.1, 0.15) is 11.6 Å². The van der Waals surface area contributed by atoms with Gasteiger partial charge in [0, 0.05) is 5.41 Å². The van der Waals surface area contributed by atoms with Gasteiger partial charge in [-0.1, -0.05) is 6.07 Å². The van der Waals surface area contributed by atoms with Gasteiger partial charge in [-0.25, -0.2) is 8.42 Å². The van der Waals surface area contributed by atoms with E-state index in [9.17, 15) is 8.42 Å². The van der Waals surface area contributed by atoms with Crippen LogP contribution in [0, 0.1) is 11.7 Å². The molecular weight excluding hydrogens is 268 g/mol. The molecule has 94 valence electrons. The number of rotatable bonds is 1. The van der Waals surface area contributed by atoms with E-state index in [4.69, 9.17) is 12.2 Å². The van der Waals surface area contributed by atoms with Gasteiger partial charge in [0.2, 0.25) is 0 Å². The van der Waals surface area contributed by atoms with E-state index in [1.54, 1.807) is 6.08 Å². The molecule has 0 aliphatic carbocycles. The number of aromatic nitrogens is 2. The first-order valence-electron chi connectivity index (χ1n) is 5.58. The van der Waals surface area contributed by atoms with E-state index in [0.717, 1.165) is 16.6 Å². The number of imidazole rings is 1. The summed E-state index contributed by atoms with van der Waals surface area (Å²) in [5.41, 5.74) is 3.02. The number of H-pyrrole nitrogens is 1. The standard InChI is InChI=1S/C12H12N2O2S2/c1-8-2-3-11-10(6-8)13-12(17)14(11)9-4-5-18(15,16)7-9/h2-6,9H,7H2,1H3,(H,13,17). The minimum absolute atomic E-state index is 0.0855. The fraction of sp³-hybridized carbons (Fsp3) is 0.250. The molecule has 0 amide bonds. The van der Waals surface area contributed by atoms with Crippen LogP contribution < -0.4 is 0 Å². The summed E-state index contributed by atoms with van der Waals surface area (Å²) in [6.07, 6.45) is 1.69. The topological polar surface area (TPSA) is 54.9 Å². The number of aromatic amines is 1. The van der Waals surface area contributed by atoms with Crippen molar-refractivity contribution in [1.29, 1.82) is 0 Å². The van der Waals surface area contributed by atoms with E-state index in [1.165, 1.54) is 5.41 Å². The molecule has 3 rings (SSSR count). The van der Waals surface area contributed by atoms with Crippen LogP contribution in [0.25, 0.3) is 11.0 Å². The molecule has 1 aromatic carbocycles. The fourth-order valence-electron chi connectivity index (χ4n) is 2.29. The summed E-state index contributed by atoms with van der Waals surface area (Å²) in [6, 6.07) is 5.76. The minimum Gasteiger partial charge on any atom is -0.331 e. The number of nitrogens with zero attached hydrogens (tertiary/aromatic N) is 1. The van der Waals surface area contributed by atoms with Gasteiger partial charge in [-0.05, 0) is 42.9 Å². The number of hydrogen-bond donors (Lipinski definition) is 1. The Morgan fingerprint density at radius 3 is 2.89 bits per heavy atom. The molecule has 0 spiro atoms. The van der Waals surface area contributed by atoms with E-state index in [0.29, 0.717) is 4.77 Å². The van der Waals surface area contributed by atoms with Crippen LogP contribution in [-0.4, -0.2) is 23.7 Å². The largest absolute Gasteiger partial charge is 0.331 e. The van der Waals surface area contributed by atoms with Gasteiger partial charge < -0.3 is 9.55 Å². The Balaban J connectivity index is 2.22. The highest BCUT2D eigenvalue weighted by Gasteiger charge is 2.24. The first kappa shape index (κ1) is 11.7. The first-order valence-corrected chi connectivity index (χ1v) is 7.70. The lowest BCUT2D eigenvalue weighted by Crippen LogP contribution is -2.11. The predicted molar refractivity (Wildman–Crippen MR) is 73.8 cm³/mol. The molecule has 4 nitrogen and oxygen atoms in total. The van der Waals surface area contributed by atoms with Gasteiger partial charge in [-0.2, -0.15) is 0 Å². The van der Waals surface area contributed by atoms with Crippen molar-refractivity contribution in [1.82, 2.24) is 9.55 Å². The highest BCUT2D eigenvalue weighted by atomic mass is 32.2. The molecule has 0 bridgehead atoms. The Kier molecular flexibility index (Phi) is 2.46. The lowest BCUT2D eigenvalue weighted by atomic mass is 10.2. The molecule has 1 N–H and O–H groups in total. The monoisotopic (exact) mass is 280 g/mol. The van der Waals surface area contributed by atoms with Crippen molar-refractivity contribution in [3.05, 3.63) is 40.0 Å². The van der Waals surface area contributed by atoms with Crippen molar-refractivity contribution in [2.45, 2.75) is 13.0 Å². The molecular formula is C12H12N2O2S2. The molecule has 6 heteroatoms. The lowest BCUT2D eigenvalue weighted by Gasteiger charge is -2.10. The number of sulfone groups is 1. The maximum Gasteiger partial charge on any atom is 0.178 e. The highest BCUT2D eigenvalue weighted by Crippen LogP contribution is 2.26. The van der Waals surface area contributed by atoms with E-state index >= 15 is 0 Å². The molecule has 1 aliphatic rings. The van der Waals surface area contributed by atoms with Gasteiger partial charge in [0.25, 0.3) is 0 Å². The van der Waals surface area contributed by atoms with Gasteiger partial charge >= 0.3 is 0 Å². The summed E-state index contributed by atoms with van der Waals surface area (Å²) in [7, 11) is -3.08. The van der Waals surface area contributed by atoms with Crippen LogP contribution in [-0.2, 0) is 9.84 Å². The van der Waals surface area contributed by atoms with Gasteiger partial charge in [0.15, 0.2) is 14.6 Å². The Morgan fingerprint density at radius 2 is 2.22 bits per heavy atom. The van der Waals surface area contributed by atoms with E-state index < -0.39 is 9.84 Å². The molecule has 18 heavy (non-hydrogen) atoms. The molecule has 1 aliphatic heterocycles. The van der Waals surface area contributed by atoms with Crippen LogP contribution >= 0.6 is 12.2 Å². The van der Waals surface area contributed by atoms with Gasteiger partial charge in [0.1, 0.15) is 0 Å². The van der Waals surface area contributed by atoms with Crippen molar-refractivity contribution < 1.29 is 8.42 Å². The number of allylic oxidation sites excluding steroid dienone is 1. The van der Waals surface area contributed by atoms with Crippen molar-refractivity contribution >= 4 is 33.1 Å². The maximum atomic E-state index is 11.5. The van der Waals surface area contributed by atoms with Crippen LogP contribution in [0.5, 0.6) is 0 Å². The average Bonchev–Trinajstić information content (AvgIpc) is 2.77. The summed E-state index contributed by atoms with van der Waals surface area (Å²) in [5, 5.41) is 1.27. The average molecular weight is 280 g/mol. The molecule has 0 fully saturated rings. The van der Waals surface area contributed by atoms with Gasteiger partial charge in [-0.3, -0.25) is 0 Å². The molecule has 1 unspecified atom stereocenters. The summed E-state index contributed by atoms with van der Waals surface area (Å²) in [5.74, 6) is 0.0855. The Morgan fingerprint density at radius 1 is 1.44 bits per heavy atom. The molecule has 0 saturated carbocycles. The quantitative estimate of drug-likeness (QED) is 0.817. The zero-order chi connectivity index (χ0) is 12.9. The third-order valence-corrected chi connectivity index (χ3v) is 4.79. The lowest BCUT2D eigenvalue weighted by molar-refractivity contribution is 0.594. The molecule has 1 atom stereocenters. The van der Waals surface area contributed by atoms with Gasteiger partial charge in [0.05, 0.1) is 22.8 Å². The van der Waals surface area contributed by atoms with E-state index in [1.807, 2.05) is 29.7 Å². The third-order valence-electron chi connectivity index (χ3n) is 3.11. The zero-order valence-corrected chi connectivity index (χ0v) is 11.4. The van der Waals surface area contributed by atoms with Crippen molar-refractivity contribution in [2.24, 2.45) is 0 Å². The second-order valence-electron chi connectivity index (χ2n) is 4.55. The molecule has 2 aromatic rings. The second-order valence-corrected chi connectivity index (χ2v) is 6.86. The molecule has 0 radical (unpaired) electrons. The van der Waals surface area contributed by atoms with E-state index in [2.05, 4.69) is 4.98 Å². The Bertz CT molecular complexity index is 812. The zero-order valence-electron chi connectivity index (χ0n) is 9.75. The fourth-order valence-corrected chi connectivity index (χ4v) is 3.91. The van der Waals surface area contributed by atoms with Crippen molar-refractivity contribution in [3.63, 3.8) is 0 Å². The maximum absolute atomic E-state index is 11.5. The van der Waals surface area contributed by atoms with Crippen molar-refractivity contribution in [3.8, 4) is 0 Å². The second kappa shape index (κ2) is 3.80. The number of fused-ring (bicyclic) bond motifs is 1. The summed E-state index contributed by atoms with van der Waals surface area (Å²) >= 11 is 5.29. The smallest absolute Gasteiger partial charge is 0.178 e. The minimum atomic E-state index is -3.08. The Labute approximate surface area is 110 Å². The number of benzene rings is 1. The SMILES string of the molecule is Cc1ccc2c(c1)[nH]c(=S)n2C1C=CS(=O)(=O)C1. The molecule has 2 heterocycles. The van der Waals surface area contributed by atoms with E-state index in [-0.39, 0.29) is 11.8 Å². The van der Waals surface area contributed by atoms with Crippen LogP contribution in [0.3, 0.4) is 0 Å². The van der Waals surface area contributed by atoms with Crippen LogP contribution in [0.2, 0.25) is 0 Å².